The minimum Gasteiger partial charge on any atom is -0.478 e. The van der Waals surface area contributed by atoms with Crippen molar-refractivity contribution >= 4 is 5.97 Å². The fourth-order valence-electron chi connectivity index (χ4n) is 3.00. The van der Waals surface area contributed by atoms with Crippen LogP contribution in [0.15, 0.2) is 0 Å². The second kappa shape index (κ2) is 12.2. The summed E-state index contributed by atoms with van der Waals surface area (Å²) in [5, 5.41) is 19.4. The second-order valence-electron chi connectivity index (χ2n) is 6.54. The van der Waals surface area contributed by atoms with E-state index < -0.39 is 18.1 Å². The molecule has 1 unspecified atom stereocenters. The number of carboxylic acid groups (broad SMARTS) is 1. The minimum atomic E-state index is -0.902. The Hall–Kier alpha value is -1.28. The molecule has 0 aromatic heterocycles. The van der Waals surface area contributed by atoms with Gasteiger partial charge in [-0.25, -0.2) is 4.79 Å². The summed E-state index contributed by atoms with van der Waals surface area (Å²) in [7, 11) is 0. The van der Waals surface area contributed by atoms with Gasteiger partial charge < -0.3 is 10.2 Å². The van der Waals surface area contributed by atoms with Crippen molar-refractivity contribution in [1.82, 2.24) is 4.90 Å². The van der Waals surface area contributed by atoms with Gasteiger partial charge in [0, 0.05) is 6.42 Å². The molecule has 0 amide bonds. The maximum atomic E-state index is 11.3. The van der Waals surface area contributed by atoms with E-state index in [4.69, 9.17) is 0 Å². The van der Waals surface area contributed by atoms with E-state index in [2.05, 4.69) is 18.0 Å². The third kappa shape index (κ3) is 8.80. The highest BCUT2D eigenvalue weighted by atomic mass is 16.4. The molecule has 0 spiro atoms. The number of nitrogens with zero attached hydrogens (tertiary/aromatic N) is 2. The lowest BCUT2D eigenvalue weighted by Crippen LogP contribution is -2.40. The largest absolute Gasteiger partial charge is 0.478 e. The molecule has 0 fully saturated rings. The van der Waals surface area contributed by atoms with Crippen LogP contribution in [0, 0.1) is 6.19 Å². The first-order valence-corrected chi connectivity index (χ1v) is 9.24. The van der Waals surface area contributed by atoms with E-state index in [1.54, 1.807) is 4.90 Å². The number of carbonyl (C=O) groups is 1. The number of aliphatic carboxylic acids is 1. The molecule has 1 heterocycles. The molecule has 2 atom stereocenters. The molecule has 132 valence electrons. The van der Waals surface area contributed by atoms with E-state index >= 15 is 0 Å². The van der Waals surface area contributed by atoms with Crippen LogP contribution < -0.4 is 0 Å². The zero-order chi connectivity index (χ0) is 16.9. The average Bonchev–Trinajstić information content (AvgIpc) is 3.04. The van der Waals surface area contributed by atoms with Crippen molar-refractivity contribution in [2.24, 2.45) is 0 Å². The number of aliphatic hydroxyl groups excluding tert-OH is 1. The van der Waals surface area contributed by atoms with Gasteiger partial charge in [0.2, 0.25) is 12.6 Å². The number of carboxylic acids is 1. The van der Waals surface area contributed by atoms with Crippen LogP contribution in [0.25, 0.3) is 4.85 Å². The molecule has 0 aromatic carbocycles. The number of aliphatic hydroxyl groups is 1. The molecule has 1 aliphatic heterocycles. The maximum Gasteiger partial charge on any atom is 0.372 e. The summed E-state index contributed by atoms with van der Waals surface area (Å²) in [5.74, 6) is -0.902. The van der Waals surface area contributed by atoms with Crippen LogP contribution in [0.4, 0.5) is 0 Å². The minimum absolute atomic E-state index is 0.259. The Morgan fingerprint density at radius 3 is 2.26 bits per heavy atom. The lowest BCUT2D eigenvalue weighted by atomic mass is 10.0. The normalized spacial score (nSPS) is 16.0. The summed E-state index contributed by atoms with van der Waals surface area (Å²) < 4.78 is 0. The maximum absolute atomic E-state index is 11.3. The molecule has 0 bridgehead atoms. The van der Waals surface area contributed by atoms with Crippen molar-refractivity contribution in [3.63, 3.8) is 0 Å². The molecule has 0 radical (unpaired) electrons. The second-order valence-corrected chi connectivity index (χ2v) is 6.54. The monoisotopic (exact) mass is 325 g/mol. The van der Waals surface area contributed by atoms with Crippen molar-refractivity contribution in [2.75, 3.05) is 13.1 Å². The van der Waals surface area contributed by atoms with Crippen LogP contribution >= 0.6 is 0 Å². The third-order valence-corrected chi connectivity index (χ3v) is 4.45. The third-order valence-electron chi connectivity index (χ3n) is 4.45. The highest BCUT2D eigenvalue weighted by Crippen LogP contribution is 2.16. The fraction of sp³-hybridized carbons (Fsp3) is 0.889. The molecule has 1 rings (SSSR count). The van der Waals surface area contributed by atoms with Crippen LogP contribution in [0.1, 0.15) is 77.6 Å². The van der Waals surface area contributed by atoms with Gasteiger partial charge in [0.25, 0.3) is 0 Å². The smallest absolute Gasteiger partial charge is 0.372 e. The Labute approximate surface area is 140 Å². The molecule has 5 heteroatoms. The fourth-order valence-corrected chi connectivity index (χ4v) is 3.00. The van der Waals surface area contributed by atoms with Crippen LogP contribution in [-0.2, 0) is 4.79 Å². The average molecular weight is 325 g/mol. The summed E-state index contributed by atoms with van der Waals surface area (Å²) in [6.45, 7) is 3.41. The SMILES string of the molecule is CCCCCCCCCCC[C@H](O)CC(C(=O)O)N1C#[N+]CC1. The molecule has 0 saturated carbocycles. The summed E-state index contributed by atoms with van der Waals surface area (Å²) in [4.78, 5) is 16.8. The van der Waals surface area contributed by atoms with Gasteiger partial charge in [0.05, 0.1) is 6.10 Å². The molecule has 1 aliphatic rings. The standard InChI is InChI=1S/C18H32N2O3/c1-2-3-4-5-6-7-8-9-10-11-16(21)14-17(18(22)23)20-13-12-19-15-20/h16-17,21H,2-14H2,1H3/p+1/t16-,17?/m0/s1. The summed E-state index contributed by atoms with van der Waals surface area (Å²) >= 11 is 0. The number of hydrogen-bond acceptors (Lipinski definition) is 3. The van der Waals surface area contributed by atoms with Crippen molar-refractivity contribution in [3.05, 3.63) is 4.85 Å². The molecule has 0 saturated heterocycles. The van der Waals surface area contributed by atoms with Gasteiger partial charge in [0.1, 0.15) is 6.54 Å². The lowest BCUT2D eigenvalue weighted by molar-refractivity contribution is -0.143. The first-order chi connectivity index (χ1) is 11.1. The predicted molar refractivity (Wildman–Crippen MR) is 92.7 cm³/mol. The van der Waals surface area contributed by atoms with Gasteiger partial charge in [-0.3, -0.25) is 0 Å². The van der Waals surface area contributed by atoms with Gasteiger partial charge in [-0.15, -0.1) is 0 Å². The number of rotatable bonds is 14. The van der Waals surface area contributed by atoms with Crippen LogP contribution in [-0.4, -0.2) is 46.3 Å². The van der Waals surface area contributed by atoms with Gasteiger partial charge in [-0.2, -0.15) is 9.74 Å². The predicted octanol–water partition coefficient (Wildman–Crippen LogP) is 3.72. The van der Waals surface area contributed by atoms with Gasteiger partial charge in [-0.05, 0) is 6.42 Å². The molecule has 23 heavy (non-hydrogen) atoms. The first kappa shape index (κ1) is 19.8. The van der Waals surface area contributed by atoms with Crippen molar-refractivity contribution in [3.8, 4) is 6.19 Å². The van der Waals surface area contributed by atoms with Crippen LogP contribution in [0.5, 0.6) is 0 Å². The molecule has 2 N–H and O–H groups in total. The van der Waals surface area contributed by atoms with Crippen molar-refractivity contribution in [2.45, 2.75) is 89.7 Å². The number of unbranched alkanes of at least 4 members (excludes halogenated alkanes) is 8. The molecule has 0 aliphatic carbocycles. The molecular weight excluding hydrogens is 292 g/mol. The van der Waals surface area contributed by atoms with E-state index in [-0.39, 0.29) is 6.42 Å². The topological polar surface area (TPSA) is 65.1 Å². The Morgan fingerprint density at radius 2 is 1.74 bits per heavy atom. The van der Waals surface area contributed by atoms with Gasteiger partial charge in [0.15, 0.2) is 0 Å². The summed E-state index contributed by atoms with van der Waals surface area (Å²) in [5.41, 5.74) is 0. The van der Waals surface area contributed by atoms with E-state index in [1.807, 2.05) is 0 Å². The zero-order valence-corrected chi connectivity index (χ0v) is 14.5. The molecular formula is C18H33N2O3+. The van der Waals surface area contributed by atoms with Crippen LogP contribution in [0.3, 0.4) is 0 Å². The lowest BCUT2D eigenvalue weighted by Gasteiger charge is -2.17. The Balaban J connectivity index is 2.06. The Morgan fingerprint density at radius 1 is 1.13 bits per heavy atom. The molecule has 5 nitrogen and oxygen atoms in total. The summed E-state index contributed by atoms with van der Waals surface area (Å²) in [6, 6.07) is -0.699. The van der Waals surface area contributed by atoms with E-state index in [0.29, 0.717) is 19.5 Å². The van der Waals surface area contributed by atoms with Gasteiger partial charge in [-0.1, -0.05) is 64.7 Å². The van der Waals surface area contributed by atoms with Crippen molar-refractivity contribution < 1.29 is 15.0 Å². The van der Waals surface area contributed by atoms with Gasteiger partial charge >= 0.3 is 12.2 Å². The zero-order valence-electron chi connectivity index (χ0n) is 14.5. The van der Waals surface area contributed by atoms with E-state index in [0.717, 1.165) is 12.8 Å². The first-order valence-electron chi connectivity index (χ1n) is 9.24. The van der Waals surface area contributed by atoms with Crippen molar-refractivity contribution in [1.29, 1.82) is 0 Å². The Bertz CT molecular complexity index is 389. The van der Waals surface area contributed by atoms with E-state index in [9.17, 15) is 15.0 Å². The van der Waals surface area contributed by atoms with E-state index in [1.165, 1.54) is 44.9 Å². The summed E-state index contributed by atoms with van der Waals surface area (Å²) in [6.07, 6.45) is 14.3. The molecule has 0 aromatic rings. The van der Waals surface area contributed by atoms with Crippen LogP contribution in [0.2, 0.25) is 0 Å². The quantitative estimate of drug-likeness (QED) is 0.377. The highest BCUT2D eigenvalue weighted by Gasteiger charge is 2.34. The highest BCUT2D eigenvalue weighted by molar-refractivity contribution is 5.73. The number of hydrogen-bond donors (Lipinski definition) is 2. The Kier molecular flexibility index (Phi) is 10.5.